The van der Waals surface area contributed by atoms with E-state index in [0.29, 0.717) is 5.02 Å². The maximum absolute atomic E-state index is 12.5. The normalized spacial score (nSPS) is 14.3. The molecule has 1 aliphatic carbocycles. The van der Waals surface area contributed by atoms with Crippen LogP contribution in [0.2, 0.25) is 15.1 Å². The number of phenolic OH excluding ortho intramolecular Hbond substituents is 1. The standard InChI is InChI=1S/C16H13Cl3N2O4S/c17-8-1-4-14(22)13(5-8)20-16(23)10-6-15(12(19)7-11(10)18)26(24,25)21-9-2-3-9/h1,4-7,9,21-22H,2-3H2,(H,20,23). The first-order chi connectivity index (χ1) is 12.2. The molecule has 0 spiro atoms. The number of amides is 1. The summed E-state index contributed by atoms with van der Waals surface area (Å²) in [4.78, 5) is 12.3. The maximum atomic E-state index is 12.5. The SMILES string of the molecule is O=C(Nc1cc(Cl)ccc1O)c1cc(S(=O)(=O)NC2CC2)c(Cl)cc1Cl. The van der Waals surface area contributed by atoms with Gasteiger partial charge < -0.3 is 10.4 Å². The van der Waals surface area contributed by atoms with Crippen LogP contribution in [0, 0.1) is 0 Å². The molecule has 0 heterocycles. The van der Waals surface area contributed by atoms with Crippen molar-refractivity contribution in [3.8, 4) is 5.75 Å². The molecule has 1 fully saturated rings. The Morgan fingerprint density at radius 3 is 2.42 bits per heavy atom. The number of anilines is 1. The van der Waals surface area contributed by atoms with Crippen molar-refractivity contribution in [3.63, 3.8) is 0 Å². The molecule has 138 valence electrons. The van der Waals surface area contributed by atoms with Crippen molar-refractivity contribution < 1.29 is 18.3 Å². The fourth-order valence-electron chi connectivity index (χ4n) is 2.19. The Morgan fingerprint density at radius 2 is 1.77 bits per heavy atom. The molecular weight excluding hydrogens is 423 g/mol. The summed E-state index contributed by atoms with van der Waals surface area (Å²) in [5.74, 6) is -0.914. The van der Waals surface area contributed by atoms with Crippen molar-refractivity contribution >= 4 is 56.4 Å². The van der Waals surface area contributed by atoms with Crippen LogP contribution in [-0.4, -0.2) is 25.5 Å². The number of halogens is 3. The molecule has 1 aliphatic rings. The molecule has 2 aromatic carbocycles. The van der Waals surface area contributed by atoms with E-state index in [1.54, 1.807) is 0 Å². The van der Waals surface area contributed by atoms with E-state index in [9.17, 15) is 18.3 Å². The molecule has 1 amide bonds. The van der Waals surface area contributed by atoms with Gasteiger partial charge in [-0.05, 0) is 43.2 Å². The lowest BCUT2D eigenvalue weighted by atomic mass is 10.2. The van der Waals surface area contributed by atoms with Crippen LogP contribution in [0.3, 0.4) is 0 Å². The number of phenols is 1. The number of benzene rings is 2. The summed E-state index contributed by atoms with van der Waals surface area (Å²) >= 11 is 17.9. The topological polar surface area (TPSA) is 95.5 Å². The highest BCUT2D eigenvalue weighted by Crippen LogP contribution is 2.32. The van der Waals surface area contributed by atoms with Gasteiger partial charge in [0.1, 0.15) is 10.6 Å². The summed E-state index contributed by atoms with van der Waals surface area (Å²) in [5, 5.41) is 12.4. The van der Waals surface area contributed by atoms with Crippen molar-refractivity contribution in [2.45, 2.75) is 23.8 Å². The molecule has 0 aromatic heterocycles. The Bertz CT molecular complexity index is 991. The van der Waals surface area contributed by atoms with E-state index in [4.69, 9.17) is 34.8 Å². The minimum absolute atomic E-state index is 0.0283. The van der Waals surface area contributed by atoms with Crippen LogP contribution in [0.4, 0.5) is 5.69 Å². The van der Waals surface area contributed by atoms with Gasteiger partial charge in [0.15, 0.2) is 0 Å². The number of aromatic hydroxyl groups is 1. The van der Waals surface area contributed by atoms with Gasteiger partial charge in [-0.1, -0.05) is 34.8 Å². The summed E-state index contributed by atoms with van der Waals surface area (Å²) in [6.07, 6.45) is 1.51. The fraction of sp³-hybridized carbons (Fsp3) is 0.188. The minimum atomic E-state index is -3.88. The third-order valence-corrected chi connectivity index (χ3v) is 6.19. The van der Waals surface area contributed by atoms with Crippen LogP contribution < -0.4 is 10.0 Å². The van der Waals surface area contributed by atoms with Crippen molar-refractivity contribution in [3.05, 3.63) is 51.0 Å². The highest BCUT2D eigenvalue weighted by atomic mass is 35.5. The first kappa shape index (κ1) is 19.3. The summed E-state index contributed by atoms with van der Waals surface area (Å²) in [7, 11) is -3.88. The van der Waals surface area contributed by atoms with Crippen LogP contribution in [0.1, 0.15) is 23.2 Å². The molecule has 10 heteroatoms. The summed E-state index contributed by atoms with van der Waals surface area (Å²) in [6.45, 7) is 0. The highest BCUT2D eigenvalue weighted by molar-refractivity contribution is 7.89. The van der Waals surface area contributed by atoms with E-state index in [1.165, 1.54) is 24.3 Å². The minimum Gasteiger partial charge on any atom is -0.506 e. The van der Waals surface area contributed by atoms with E-state index in [2.05, 4.69) is 10.0 Å². The Hall–Kier alpha value is -1.51. The van der Waals surface area contributed by atoms with Crippen molar-refractivity contribution in [1.29, 1.82) is 0 Å². The van der Waals surface area contributed by atoms with Gasteiger partial charge in [0.2, 0.25) is 10.0 Å². The third kappa shape index (κ3) is 4.24. The molecule has 0 radical (unpaired) electrons. The van der Waals surface area contributed by atoms with Gasteiger partial charge >= 0.3 is 0 Å². The Balaban J connectivity index is 1.95. The number of carbonyl (C=O) groups excluding carboxylic acids is 1. The van der Waals surface area contributed by atoms with Gasteiger partial charge in [-0.2, -0.15) is 0 Å². The highest BCUT2D eigenvalue weighted by Gasteiger charge is 2.30. The monoisotopic (exact) mass is 434 g/mol. The average molecular weight is 436 g/mol. The molecule has 0 saturated heterocycles. The molecule has 1 saturated carbocycles. The first-order valence-electron chi connectivity index (χ1n) is 7.48. The number of nitrogens with one attached hydrogen (secondary N) is 2. The van der Waals surface area contributed by atoms with E-state index in [1.807, 2.05) is 0 Å². The molecule has 0 bridgehead atoms. The zero-order valence-corrected chi connectivity index (χ0v) is 16.2. The second-order valence-electron chi connectivity index (χ2n) is 5.77. The molecule has 2 aromatic rings. The number of rotatable bonds is 5. The van der Waals surface area contributed by atoms with Gasteiger partial charge in [-0.15, -0.1) is 0 Å². The van der Waals surface area contributed by atoms with Crippen LogP contribution >= 0.6 is 34.8 Å². The summed E-state index contributed by atoms with van der Waals surface area (Å²) < 4.78 is 27.3. The lowest BCUT2D eigenvalue weighted by Crippen LogP contribution is -2.26. The molecule has 0 atom stereocenters. The Labute approximate surface area is 165 Å². The lowest BCUT2D eigenvalue weighted by Gasteiger charge is -2.12. The third-order valence-electron chi connectivity index (χ3n) is 3.66. The van der Waals surface area contributed by atoms with Crippen LogP contribution in [0.15, 0.2) is 35.2 Å². The van der Waals surface area contributed by atoms with E-state index in [0.717, 1.165) is 18.9 Å². The zero-order valence-electron chi connectivity index (χ0n) is 13.1. The van der Waals surface area contributed by atoms with E-state index >= 15 is 0 Å². The van der Waals surface area contributed by atoms with Gasteiger partial charge in [-0.3, -0.25) is 4.79 Å². The van der Waals surface area contributed by atoms with Crippen LogP contribution in [0.25, 0.3) is 0 Å². The molecule has 26 heavy (non-hydrogen) atoms. The molecular formula is C16H13Cl3N2O4S. The second kappa shape index (κ2) is 7.25. The molecule has 3 rings (SSSR count). The zero-order chi connectivity index (χ0) is 19.1. The number of hydrogen-bond donors (Lipinski definition) is 3. The molecule has 0 unspecified atom stereocenters. The smallest absolute Gasteiger partial charge is 0.257 e. The van der Waals surface area contributed by atoms with Gasteiger partial charge in [-0.25, -0.2) is 13.1 Å². The molecule has 0 aliphatic heterocycles. The lowest BCUT2D eigenvalue weighted by molar-refractivity contribution is 0.102. The Kier molecular flexibility index (Phi) is 5.37. The molecule has 3 N–H and O–H groups in total. The molecule has 6 nitrogen and oxygen atoms in total. The maximum Gasteiger partial charge on any atom is 0.257 e. The van der Waals surface area contributed by atoms with Gasteiger partial charge in [0.25, 0.3) is 5.91 Å². The Morgan fingerprint density at radius 1 is 1.08 bits per heavy atom. The predicted molar refractivity (Wildman–Crippen MR) is 101 cm³/mol. The van der Waals surface area contributed by atoms with E-state index < -0.39 is 15.9 Å². The summed E-state index contributed by atoms with van der Waals surface area (Å²) in [6, 6.07) is 6.30. The number of hydrogen-bond acceptors (Lipinski definition) is 4. The van der Waals surface area contributed by atoms with Crippen molar-refractivity contribution in [1.82, 2.24) is 4.72 Å². The summed E-state index contributed by atoms with van der Waals surface area (Å²) in [5.41, 5.74) is -0.0411. The number of carbonyl (C=O) groups is 1. The second-order valence-corrected chi connectivity index (χ2v) is 8.71. The van der Waals surface area contributed by atoms with E-state index in [-0.39, 0.29) is 38.0 Å². The van der Waals surface area contributed by atoms with Gasteiger partial charge in [0, 0.05) is 11.1 Å². The van der Waals surface area contributed by atoms with Crippen molar-refractivity contribution in [2.24, 2.45) is 0 Å². The van der Waals surface area contributed by atoms with Gasteiger partial charge in [0.05, 0.1) is 21.3 Å². The average Bonchev–Trinajstić information content (AvgIpc) is 3.33. The van der Waals surface area contributed by atoms with Crippen LogP contribution in [-0.2, 0) is 10.0 Å². The quantitative estimate of drug-likeness (QED) is 0.618. The number of sulfonamides is 1. The predicted octanol–water partition coefficient (Wildman–Crippen LogP) is 4.05. The largest absolute Gasteiger partial charge is 0.506 e. The fourth-order valence-corrected chi connectivity index (χ4v) is 4.53. The first-order valence-corrected chi connectivity index (χ1v) is 10.1. The van der Waals surface area contributed by atoms with Crippen molar-refractivity contribution in [2.75, 3.05) is 5.32 Å². The van der Waals surface area contributed by atoms with Crippen LogP contribution in [0.5, 0.6) is 5.75 Å².